The quantitative estimate of drug-likeness (QED) is 0.719. The zero-order valence-electron chi connectivity index (χ0n) is 11.3. The zero-order valence-corrected chi connectivity index (χ0v) is 11.3. The van der Waals surface area contributed by atoms with E-state index >= 15 is 0 Å². The second kappa shape index (κ2) is 4.12. The number of aryl methyl sites for hydroxylation is 3. The summed E-state index contributed by atoms with van der Waals surface area (Å²) < 4.78 is 2.04. The van der Waals surface area contributed by atoms with Crippen LogP contribution in [0.4, 0.5) is 0 Å². The maximum absolute atomic E-state index is 10.1. The van der Waals surface area contributed by atoms with Crippen LogP contribution in [0.2, 0.25) is 0 Å². The molecule has 0 aliphatic heterocycles. The van der Waals surface area contributed by atoms with Gasteiger partial charge in [0, 0.05) is 7.05 Å². The van der Waals surface area contributed by atoms with Gasteiger partial charge in [-0.3, -0.25) is 0 Å². The molecule has 1 N–H and O–H groups in total. The average Bonchev–Trinajstić information content (AvgIpc) is 2.68. The van der Waals surface area contributed by atoms with Gasteiger partial charge in [-0.25, -0.2) is 4.98 Å². The molecule has 19 heavy (non-hydrogen) atoms. The van der Waals surface area contributed by atoms with Crippen molar-refractivity contribution >= 4 is 11.0 Å². The number of hydrogen-bond donors (Lipinski definition) is 1. The number of rotatable bonds is 1. The fourth-order valence-corrected chi connectivity index (χ4v) is 2.54. The smallest absolute Gasteiger partial charge is 0.144 e. The molecule has 0 atom stereocenters. The third-order valence-corrected chi connectivity index (χ3v) is 3.49. The Morgan fingerprint density at radius 2 is 1.89 bits per heavy atom. The number of phenols is 1. The standard InChI is InChI=1S/C16H16N2O/c1-10-7-8-12(14(19)9-10)16-17-13-6-4-5-11(2)15(13)18(16)3/h4-9,19H,1-3H3. The first-order valence-corrected chi connectivity index (χ1v) is 6.30. The van der Waals surface area contributed by atoms with Crippen LogP contribution in [-0.2, 0) is 7.05 Å². The minimum absolute atomic E-state index is 0.274. The van der Waals surface area contributed by atoms with Crippen molar-refractivity contribution < 1.29 is 5.11 Å². The highest BCUT2D eigenvalue weighted by Gasteiger charge is 2.14. The molecule has 0 unspecified atom stereocenters. The van der Waals surface area contributed by atoms with Crippen molar-refractivity contribution in [3.8, 4) is 17.1 Å². The van der Waals surface area contributed by atoms with E-state index in [1.165, 1.54) is 5.56 Å². The van der Waals surface area contributed by atoms with Gasteiger partial charge in [0.2, 0.25) is 0 Å². The summed E-state index contributed by atoms with van der Waals surface area (Å²) in [6, 6.07) is 11.7. The van der Waals surface area contributed by atoms with Crippen molar-refractivity contribution in [2.24, 2.45) is 7.05 Å². The van der Waals surface area contributed by atoms with E-state index in [4.69, 9.17) is 0 Å². The molecule has 0 radical (unpaired) electrons. The Morgan fingerprint density at radius 3 is 2.58 bits per heavy atom. The number of para-hydroxylation sites is 1. The number of benzene rings is 2. The molecule has 3 heteroatoms. The van der Waals surface area contributed by atoms with Gasteiger partial charge in [-0.15, -0.1) is 0 Å². The molecule has 0 aliphatic rings. The molecule has 2 aromatic carbocycles. The molecular formula is C16H16N2O. The normalized spacial score (nSPS) is 11.1. The third kappa shape index (κ3) is 1.78. The van der Waals surface area contributed by atoms with Gasteiger partial charge in [-0.2, -0.15) is 0 Å². The number of imidazole rings is 1. The Hall–Kier alpha value is -2.29. The third-order valence-electron chi connectivity index (χ3n) is 3.49. The van der Waals surface area contributed by atoms with Crippen molar-refractivity contribution in [1.82, 2.24) is 9.55 Å². The number of aromatic nitrogens is 2. The highest BCUT2D eigenvalue weighted by atomic mass is 16.3. The summed E-state index contributed by atoms with van der Waals surface area (Å²) in [5, 5.41) is 10.1. The fraction of sp³-hybridized carbons (Fsp3) is 0.188. The number of nitrogens with zero attached hydrogens (tertiary/aromatic N) is 2. The van der Waals surface area contributed by atoms with E-state index in [-0.39, 0.29) is 5.75 Å². The Balaban J connectivity index is 2.31. The zero-order chi connectivity index (χ0) is 13.6. The molecule has 0 saturated heterocycles. The van der Waals surface area contributed by atoms with Crippen LogP contribution in [0.1, 0.15) is 11.1 Å². The summed E-state index contributed by atoms with van der Waals surface area (Å²) in [5.41, 5.74) is 5.06. The Labute approximate surface area is 112 Å². The highest BCUT2D eigenvalue weighted by Crippen LogP contribution is 2.31. The van der Waals surface area contributed by atoms with Gasteiger partial charge in [0.15, 0.2) is 0 Å². The molecule has 1 heterocycles. The summed E-state index contributed by atoms with van der Waals surface area (Å²) in [6.07, 6.45) is 0. The van der Waals surface area contributed by atoms with E-state index in [9.17, 15) is 5.11 Å². The summed E-state index contributed by atoms with van der Waals surface area (Å²) >= 11 is 0. The summed E-state index contributed by atoms with van der Waals surface area (Å²) in [7, 11) is 1.98. The van der Waals surface area contributed by atoms with Gasteiger partial charge >= 0.3 is 0 Å². The molecule has 0 bridgehead atoms. The van der Waals surface area contributed by atoms with Gasteiger partial charge in [-0.05, 0) is 43.2 Å². The largest absolute Gasteiger partial charge is 0.507 e. The van der Waals surface area contributed by atoms with E-state index in [0.717, 1.165) is 28.0 Å². The molecule has 0 fully saturated rings. The Kier molecular flexibility index (Phi) is 2.56. The fourth-order valence-electron chi connectivity index (χ4n) is 2.54. The summed E-state index contributed by atoms with van der Waals surface area (Å²) in [6.45, 7) is 4.03. The first-order valence-electron chi connectivity index (χ1n) is 6.30. The first-order chi connectivity index (χ1) is 9.08. The van der Waals surface area contributed by atoms with E-state index in [2.05, 4.69) is 18.0 Å². The van der Waals surface area contributed by atoms with Crippen LogP contribution in [0, 0.1) is 13.8 Å². The summed E-state index contributed by atoms with van der Waals surface area (Å²) in [4.78, 5) is 4.64. The monoisotopic (exact) mass is 252 g/mol. The lowest BCUT2D eigenvalue weighted by Gasteiger charge is -2.06. The molecule has 3 aromatic rings. The van der Waals surface area contributed by atoms with Crippen LogP contribution >= 0.6 is 0 Å². The maximum atomic E-state index is 10.1. The minimum Gasteiger partial charge on any atom is -0.507 e. The molecule has 3 nitrogen and oxygen atoms in total. The van der Waals surface area contributed by atoms with Crippen molar-refractivity contribution in [1.29, 1.82) is 0 Å². The van der Waals surface area contributed by atoms with Gasteiger partial charge in [0.05, 0.1) is 16.6 Å². The lowest BCUT2D eigenvalue weighted by molar-refractivity contribution is 0.476. The van der Waals surface area contributed by atoms with Crippen LogP contribution < -0.4 is 0 Å². The topological polar surface area (TPSA) is 38.0 Å². The number of fused-ring (bicyclic) bond motifs is 1. The van der Waals surface area contributed by atoms with Crippen molar-refractivity contribution in [2.45, 2.75) is 13.8 Å². The van der Waals surface area contributed by atoms with Crippen LogP contribution in [0.25, 0.3) is 22.4 Å². The molecule has 1 aromatic heterocycles. The van der Waals surface area contributed by atoms with Crippen LogP contribution in [0.15, 0.2) is 36.4 Å². The van der Waals surface area contributed by atoms with E-state index in [1.807, 2.05) is 42.8 Å². The van der Waals surface area contributed by atoms with Crippen molar-refractivity contribution in [2.75, 3.05) is 0 Å². The molecule has 96 valence electrons. The predicted octanol–water partition coefficient (Wildman–Crippen LogP) is 3.56. The number of hydrogen-bond acceptors (Lipinski definition) is 2. The Bertz CT molecular complexity index is 772. The van der Waals surface area contributed by atoms with E-state index < -0.39 is 0 Å². The van der Waals surface area contributed by atoms with Crippen LogP contribution in [0.3, 0.4) is 0 Å². The molecular weight excluding hydrogens is 236 g/mol. The van der Waals surface area contributed by atoms with Gasteiger partial charge < -0.3 is 9.67 Å². The number of phenolic OH excluding ortho intramolecular Hbond substituents is 1. The first kappa shape index (κ1) is 11.8. The maximum Gasteiger partial charge on any atom is 0.144 e. The molecule has 0 aliphatic carbocycles. The molecule has 0 saturated carbocycles. The minimum atomic E-state index is 0.274. The van der Waals surface area contributed by atoms with Crippen molar-refractivity contribution in [3.05, 3.63) is 47.5 Å². The van der Waals surface area contributed by atoms with Crippen LogP contribution in [-0.4, -0.2) is 14.7 Å². The van der Waals surface area contributed by atoms with Gasteiger partial charge in [0.1, 0.15) is 11.6 Å². The van der Waals surface area contributed by atoms with E-state index in [0.29, 0.717) is 0 Å². The molecule has 0 amide bonds. The lowest BCUT2D eigenvalue weighted by Crippen LogP contribution is -1.94. The second-order valence-corrected chi connectivity index (χ2v) is 4.96. The summed E-state index contributed by atoms with van der Waals surface area (Å²) in [5.74, 6) is 1.07. The number of aromatic hydroxyl groups is 1. The average molecular weight is 252 g/mol. The highest BCUT2D eigenvalue weighted by molar-refractivity contribution is 5.84. The molecule has 0 spiro atoms. The van der Waals surface area contributed by atoms with Crippen molar-refractivity contribution in [3.63, 3.8) is 0 Å². The van der Waals surface area contributed by atoms with E-state index in [1.54, 1.807) is 6.07 Å². The van der Waals surface area contributed by atoms with Gasteiger partial charge in [0.25, 0.3) is 0 Å². The van der Waals surface area contributed by atoms with Gasteiger partial charge in [-0.1, -0.05) is 18.2 Å². The Morgan fingerprint density at radius 1 is 1.11 bits per heavy atom. The van der Waals surface area contributed by atoms with Crippen LogP contribution in [0.5, 0.6) is 5.75 Å². The molecule has 3 rings (SSSR count). The SMILES string of the molecule is Cc1ccc(-c2nc3cccc(C)c3n2C)c(O)c1. The second-order valence-electron chi connectivity index (χ2n) is 4.96. The lowest BCUT2D eigenvalue weighted by atomic mass is 10.1. The predicted molar refractivity (Wildman–Crippen MR) is 77.3 cm³/mol.